The first-order valence-electron chi connectivity index (χ1n) is 8.09. The molecule has 25 heavy (non-hydrogen) atoms. The number of alkyl halides is 3. The fraction of sp³-hybridized carbons (Fsp3) is 0.529. The lowest BCUT2D eigenvalue weighted by Gasteiger charge is -2.25. The number of benzene rings is 1. The van der Waals surface area contributed by atoms with Gasteiger partial charge in [0.25, 0.3) is 5.91 Å². The summed E-state index contributed by atoms with van der Waals surface area (Å²) in [5.41, 5.74) is -0.582. The molecule has 2 atom stereocenters. The van der Waals surface area contributed by atoms with E-state index in [-0.39, 0.29) is 35.9 Å². The van der Waals surface area contributed by atoms with Crippen LogP contribution < -0.4 is 0 Å². The van der Waals surface area contributed by atoms with E-state index in [0.29, 0.717) is 26.1 Å². The lowest BCUT2D eigenvalue weighted by atomic mass is 10.1. The molecule has 2 aliphatic heterocycles. The second-order valence-electron chi connectivity index (χ2n) is 6.28. The Morgan fingerprint density at radius 3 is 2.52 bits per heavy atom. The number of methoxy groups -OCH3 is 1. The summed E-state index contributed by atoms with van der Waals surface area (Å²) in [4.78, 5) is 28.2. The number of fused-ring (bicyclic) bond motifs is 1. The Hall–Kier alpha value is -2.09. The van der Waals surface area contributed by atoms with Crippen molar-refractivity contribution in [2.24, 2.45) is 0 Å². The van der Waals surface area contributed by atoms with E-state index < -0.39 is 11.7 Å². The van der Waals surface area contributed by atoms with Crippen molar-refractivity contribution in [3.8, 4) is 0 Å². The van der Waals surface area contributed by atoms with Crippen molar-refractivity contribution in [1.29, 1.82) is 0 Å². The minimum absolute atomic E-state index is 0.0167. The van der Waals surface area contributed by atoms with E-state index in [1.54, 1.807) is 16.9 Å². The van der Waals surface area contributed by atoms with Crippen molar-refractivity contribution in [1.82, 2.24) is 9.80 Å². The molecule has 0 saturated carbocycles. The molecule has 5 nitrogen and oxygen atoms in total. The maximum atomic E-state index is 12.7. The van der Waals surface area contributed by atoms with Crippen LogP contribution in [0.2, 0.25) is 0 Å². The number of hydrogen-bond donors (Lipinski definition) is 0. The zero-order valence-electron chi connectivity index (χ0n) is 13.8. The van der Waals surface area contributed by atoms with E-state index in [2.05, 4.69) is 0 Å². The molecule has 136 valence electrons. The SMILES string of the molecule is COCCN1C(=O)C[C@H]2[C@@H]1CCN2C(=O)c1ccc(C(F)(F)F)cc1. The van der Waals surface area contributed by atoms with Crippen LogP contribution in [0.1, 0.15) is 28.8 Å². The Kier molecular flexibility index (Phi) is 4.73. The molecule has 0 unspecified atom stereocenters. The highest BCUT2D eigenvalue weighted by Crippen LogP contribution is 2.34. The van der Waals surface area contributed by atoms with E-state index in [9.17, 15) is 22.8 Å². The molecular weight excluding hydrogens is 337 g/mol. The van der Waals surface area contributed by atoms with Crippen LogP contribution in [0.15, 0.2) is 24.3 Å². The van der Waals surface area contributed by atoms with Gasteiger partial charge in [0.1, 0.15) is 0 Å². The molecule has 2 heterocycles. The monoisotopic (exact) mass is 356 g/mol. The van der Waals surface area contributed by atoms with E-state index in [1.807, 2.05) is 0 Å². The molecular formula is C17H19F3N2O3. The van der Waals surface area contributed by atoms with Crippen LogP contribution in [0, 0.1) is 0 Å². The predicted octanol–water partition coefficient (Wildman–Crippen LogP) is 2.17. The van der Waals surface area contributed by atoms with Crippen LogP contribution >= 0.6 is 0 Å². The summed E-state index contributed by atoms with van der Waals surface area (Å²) >= 11 is 0. The summed E-state index contributed by atoms with van der Waals surface area (Å²) in [5.74, 6) is -0.348. The second-order valence-corrected chi connectivity index (χ2v) is 6.28. The number of hydrogen-bond acceptors (Lipinski definition) is 3. The molecule has 0 aromatic heterocycles. The van der Waals surface area contributed by atoms with Gasteiger partial charge in [0, 0.05) is 32.2 Å². The fourth-order valence-corrected chi connectivity index (χ4v) is 3.63. The quantitative estimate of drug-likeness (QED) is 0.831. The summed E-state index contributed by atoms with van der Waals surface area (Å²) in [6.45, 7) is 1.41. The molecule has 3 rings (SSSR count). The van der Waals surface area contributed by atoms with Gasteiger partial charge in [-0.15, -0.1) is 0 Å². The van der Waals surface area contributed by atoms with Crippen molar-refractivity contribution < 1.29 is 27.5 Å². The van der Waals surface area contributed by atoms with E-state index in [0.717, 1.165) is 12.1 Å². The number of amides is 2. The first-order chi connectivity index (χ1) is 11.8. The number of halogens is 3. The predicted molar refractivity (Wildman–Crippen MR) is 82.9 cm³/mol. The molecule has 2 amide bonds. The third-order valence-electron chi connectivity index (χ3n) is 4.87. The van der Waals surface area contributed by atoms with Crippen LogP contribution in [-0.2, 0) is 15.7 Å². The lowest BCUT2D eigenvalue weighted by molar-refractivity contribution is -0.137. The van der Waals surface area contributed by atoms with Crippen molar-refractivity contribution in [3.05, 3.63) is 35.4 Å². The van der Waals surface area contributed by atoms with Crippen LogP contribution in [0.4, 0.5) is 13.2 Å². The van der Waals surface area contributed by atoms with Crippen LogP contribution in [0.5, 0.6) is 0 Å². The average molecular weight is 356 g/mol. The highest BCUT2D eigenvalue weighted by atomic mass is 19.4. The van der Waals surface area contributed by atoms with Gasteiger partial charge < -0.3 is 14.5 Å². The summed E-state index contributed by atoms with van der Waals surface area (Å²) in [7, 11) is 1.56. The van der Waals surface area contributed by atoms with E-state index in [4.69, 9.17) is 4.74 Å². The summed E-state index contributed by atoms with van der Waals surface area (Å²) in [5, 5.41) is 0. The molecule has 2 saturated heterocycles. The fourth-order valence-electron chi connectivity index (χ4n) is 3.63. The van der Waals surface area contributed by atoms with Gasteiger partial charge in [-0.2, -0.15) is 13.2 Å². The normalized spacial score (nSPS) is 23.3. The van der Waals surface area contributed by atoms with E-state index >= 15 is 0 Å². The van der Waals surface area contributed by atoms with Crippen molar-refractivity contribution in [2.75, 3.05) is 26.8 Å². The number of nitrogens with zero attached hydrogens (tertiary/aromatic N) is 2. The Morgan fingerprint density at radius 1 is 1.24 bits per heavy atom. The maximum Gasteiger partial charge on any atom is 0.416 e. The summed E-state index contributed by atoms with van der Waals surface area (Å²) in [6, 6.07) is 3.94. The Bertz CT molecular complexity index is 660. The van der Waals surface area contributed by atoms with Crippen molar-refractivity contribution in [3.63, 3.8) is 0 Å². The topological polar surface area (TPSA) is 49.9 Å². The first kappa shape index (κ1) is 17.7. The number of carbonyl (C=O) groups is 2. The van der Waals surface area contributed by atoms with Gasteiger partial charge in [-0.05, 0) is 30.7 Å². The number of carbonyl (C=O) groups excluding carboxylic acids is 2. The smallest absolute Gasteiger partial charge is 0.383 e. The molecule has 0 aliphatic carbocycles. The van der Waals surface area contributed by atoms with Gasteiger partial charge in [0.05, 0.1) is 24.3 Å². The molecule has 1 aromatic rings. The molecule has 0 spiro atoms. The molecule has 2 aliphatic rings. The van der Waals surface area contributed by atoms with Gasteiger partial charge >= 0.3 is 6.18 Å². The molecule has 2 fully saturated rings. The zero-order valence-corrected chi connectivity index (χ0v) is 13.8. The minimum Gasteiger partial charge on any atom is -0.383 e. The van der Waals surface area contributed by atoms with Crippen LogP contribution in [0.25, 0.3) is 0 Å². The third kappa shape index (κ3) is 3.35. The van der Waals surface area contributed by atoms with E-state index in [1.165, 1.54) is 12.1 Å². The van der Waals surface area contributed by atoms with Gasteiger partial charge in [-0.25, -0.2) is 0 Å². The number of ether oxygens (including phenoxy) is 1. The van der Waals surface area contributed by atoms with Crippen LogP contribution in [-0.4, -0.2) is 60.5 Å². The second kappa shape index (κ2) is 6.67. The van der Waals surface area contributed by atoms with Crippen LogP contribution in [0.3, 0.4) is 0 Å². The number of rotatable bonds is 4. The lowest BCUT2D eigenvalue weighted by Crippen LogP contribution is -2.40. The summed E-state index contributed by atoms with van der Waals surface area (Å²) in [6.07, 6.45) is -3.51. The largest absolute Gasteiger partial charge is 0.416 e. The van der Waals surface area contributed by atoms with Gasteiger partial charge in [-0.1, -0.05) is 0 Å². The first-order valence-corrected chi connectivity index (χ1v) is 8.09. The Morgan fingerprint density at radius 2 is 1.92 bits per heavy atom. The maximum absolute atomic E-state index is 12.7. The highest BCUT2D eigenvalue weighted by molar-refractivity contribution is 5.95. The van der Waals surface area contributed by atoms with Gasteiger partial charge in [0.2, 0.25) is 5.91 Å². The molecule has 0 bridgehead atoms. The van der Waals surface area contributed by atoms with Gasteiger partial charge in [-0.3, -0.25) is 9.59 Å². The zero-order chi connectivity index (χ0) is 18.2. The van der Waals surface area contributed by atoms with Crippen molar-refractivity contribution >= 4 is 11.8 Å². The molecule has 0 radical (unpaired) electrons. The standard InChI is InChI=1S/C17H19F3N2O3/c1-25-9-8-21-13-6-7-22(14(13)10-15(21)23)16(24)11-2-4-12(5-3-11)17(18,19)20/h2-5,13-14H,6-10H2,1H3/t13-,14-/m0/s1. The minimum atomic E-state index is -4.43. The van der Waals surface area contributed by atoms with Crippen molar-refractivity contribution in [2.45, 2.75) is 31.1 Å². The number of likely N-dealkylation sites (tertiary alicyclic amines) is 2. The molecule has 8 heteroatoms. The molecule has 1 aromatic carbocycles. The highest BCUT2D eigenvalue weighted by Gasteiger charge is 2.48. The average Bonchev–Trinajstić information content (AvgIpc) is 3.10. The summed E-state index contributed by atoms with van der Waals surface area (Å²) < 4.78 is 42.9. The van der Waals surface area contributed by atoms with Gasteiger partial charge in [0.15, 0.2) is 0 Å². The Balaban J connectivity index is 1.73. The Labute approximate surface area is 143 Å². The molecule has 0 N–H and O–H groups in total. The third-order valence-corrected chi connectivity index (χ3v) is 4.87.